The van der Waals surface area contributed by atoms with Crippen molar-refractivity contribution in [2.24, 2.45) is 5.41 Å². The first-order valence-corrected chi connectivity index (χ1v) is 11.3. The second kappa shape index (κ2) is 9.38. The first-order valence-electron chi connectivity index (χ1n) is 10.9. The predicted octanol–water partition coefficient (Wildman–Crippen LogP) is 4.49. The summed E-state index contributed by atoms with van der Waals surface area (Å²) >= 11 is 6.43. The van der Waals surface area contributed by atoms with Crippen LogP contribution in [0, 0.1) is 5.41 Å². The van der Waals surface area contributed by atoms with Gasteiger partial charge in [0, 0.05) is 45.3 Å². The number of halogens is 1. The molecule has 0 atom stereocenters. The first-order chi connectivity index (χ1) is 13.8. The van der Waals surface area contributed by atoms with E-state index < -0.39 is 0 Å². The fraction of sp³-hybridized carbons (Fsp3) is 0.652. The van der Waals surface area contributed by atoms with E-state index in [2.05, 4.69) is 17.1 Å². The molecule has 1 saturated carbocycles. The molecule has 0 spiro atoms. The Bertz CT molecular complexity index is 740. The zero-order chi connectivity index (χ0) is 21.0. The van der Waals surface area contributed by atoms with Gasteiger partial charge in [0.1, 0.15) is 0 Å². The van der Waals surface area contributed by atoms with Crippen molar-refractivity contribution in [1.82, 2.24) is 10.2 Å². The largest absolute Gasteiger partial charge is 0.371 e. The molecule has 2 aliphatic rings. The van der Waals surface area contributed by atoms with Crippen LogP contribution in [-0.2, 0) is 4.79 Å². The maximum atomic E-state index is 12.3. The summed E-state index contributed by atoms with van der Waals surface area (Å²) in [5.74, 6) is 0.0692. The molecule has 1 N–H and O–H groups in total. The number of hydrogen-bond donors (Lipinski definition) is 1. The zero-order valence-corrected chi connectivity index (χ0v) is 18.7. The van der Waals surface area contributed by atoms with Crippen LogP contribution in [0.5, 0.6) is 0 Å². The molecule has 1 heterocycles. The number of nitrogens with one attached hydrogen (secondary N) is 1. The fourth-order valence-electron chi connectivity index (χ4n) is 4.24. The van der Waals surface area contributed by atoms with Crippen LogP contribution in [0.1, 0.15) is 69.2 Å². The molecular weight excluding hydrogens is 386 g/mol. The summed E-state index contributed by atoms with van der Waals surface area (Å²) in [6.45, 7) is 6.75. The van der Waals surface area contributed by atoms with Crippen LogP contribution in [-0.4, -0.2) is 49.4 Å². The average Bonchev–Trinajstić information content (AvgIpc) is 3.52. The molecule has 1 saturated heterocycles. The van der Waals surface area contributed by atoms with E-state index in [1.165, 1.54) is 6.42 Å². The summed E-state index contributed by atoms with van der Waals surface area (Å²) in [6.07, 6.45) is 7.82. The van der Waals surface area contributed by atoms with E-state index in [0.29, 0.717) is 22.0 Å². The van der Waals surface area contributed by atoms with E-state index in [0.717, 1.165) is 63.8 Å². The molecule has 1 aromatic carbocycles. The van der Waals surface area contributed by atoms with Crippen molar-refractivity contribution in [1.29, 1.82) is 0 Å². The highest BCUT2D eigenvalue weighted by Gasteiger charge is 2.33. The Morgan fingerprint density at radius 1 is 1.28 bits per heavy atom. The molecule has 0 bridgehead atoms. The number of nitrogens with zero attached hydrogens (tertiary/aromatic N) is 2. The Balaban J connectivity index is 1.55. The molecule has 3 rings (SSSR count). The summed E-state index contributed by atoms with van der Waals surface area (Å²) in [4.78, 5) is 27.9. The third-order valence-corrected chi connectivity index (χ3v) is 7.10. The molecular formula is C23H34ClN3O2. The maximum Gasteiger partial charge on any atom is 0.253 e. The van der Waals surface area contributed by atoms with Gasteiger partial charge in [-0.25, -0.2) is 0 Å². The summed E-state index contributed by atoms with van der Waals surface area (Å²) in [7, 11) is 1.88. The third-order valence-electron chi connectivity index (χ3n) is 6.79. The van der Waals surface area contributed by atoms with Crippen LogP contribution < -0.4 is 10.2 Å². The number of piperidine rings is 1. The third kappa shape index (κ3) is 5.65. The van der Waals surface area contributed by atoms with Crippen LogP contribution in [0.4, 0.5) is 5.69 Å². The lowest BCUT2D eigenvalue weighted by Crippen LogP contribution is -2.40. The van der Waals surface area contributed by atoms with E-state index in [-0.39, 0.29) is 11.8 Å². The van der Waals surface area contributed by atoms with Gasteiger partial charge in [-0.2, -0.15) is 0 Å². The van der Waals surface area contributed by atoms with Gasteiger partial charge in [-0.15, -0.1) is 0 Å². The Labute approximate surface area is 179 Å². The van der Waals surface area contributed by atoms with Crippen molar-refractivity contribution in [3.05, 3.63) is 28.8 Å². The summed E-state index contributed by atoms with van der Waals surface area (Å²) < 4.78 is 0. The fourth-order valence-corrected chi connectivity index (χ4v) is 4.50. The van der Waals surface area contributed by atoms with E-state index in [1.54, 1.807) is 11.8 Å². The molecule has 0 unspecified atom stereocenters. The standard InChI is InChI=1S/C23H34ClN3O2/c1-4-23(10-5-13-26(3)17(2)28)11-14-27(15-12-23)19-8-9-20(21(24)16-19)22(29)25-18-6-7-18/h8-9,16,18H,4-7,10-15H2,1-3H3,(H,25,29). The number of rotatable bonds is 8. The molecule has 2 fully saturated rings. The molecule has 0 aromatic heterocycles. The number of hydrogen-bond acceptors (Lipinski definition) is 3. The number of benzene rings is 1. The SMILES string of the molecule is CCC1(CCCN(C)C(C)=O)CCN(c2ccc(C(=O)NC3CC3)c(Cl)c2)CC1. The van der Waals surface area contributed by atoms with Gasteiger partial charge < -0.3 is 15.1 Å². The second-order valence-corrected chi connectivity index (χ2v) is 9.20. The molecule has 5 nitrogen and oxygen atoms in total. The smallest absolute Gasteiger partial charge is 0.253 e. The summed E-state index contributed by atoms with van der Waals surface area (Å²) in [5.41, 5.74) is 2.03. The monoisotopic (exact) mass is 419 g/mol. The Morgan fingerprint density at radius 2 is 1.97 bits per heavy atom. The Morgan fingerprint density at radius 3 is 2.52 bits per heavy atom. The van der Waals surface area contributed by atoms with E-state index in [9.17, 15) is 9.59 Å². The topological polar surface area (TPSA) is 52.7 Å². The maximum absolute atomic E-state index is 12.3. The molecule has 1 aromatic rings. The molecule has 1 aliphatic carbocycles. The Kier molecular flexibility index (Phi) is 7.10. The van der Waals surface area contributed by atoms with Crippen molar-refractivity contribution < 1.29 is 9.59 Å². The molecule has 160 valence electrons. The highest BCUT2D eigenvalue weighted by atomic mass is 35.5. The Hall–Kier alpha value is -1.75. The number of anilines is 1. The minimum absolute atomic E-state index is 0.0665. The van der Waals surface area contributed by atoms with E-state index in [4.69, 9.17) is 11.6 Å². The van der Waals surface area contributed by atoms with Gasteiger partial charge in [-0.05, 0) is 62.1 Å². The molecule has 1 aliphatic heterocycles. The minimum atomic E-state index is -0.0665. The van der Waals surface area contributed by atoms with E-state index in [1.807, 2.05) is 25.2 Å². The van der Waals surface area contributed by atoms with Gasteiger partial charge in [-0.3, -0.25) is 9.59 Å². The van der Waals surface area contributed by atoms with Gasteiger partial charge in [-0.1, -0.05) is 24.9 Å². The highest BCUT2D eigenvalue weighted by molar-refractivity contribution is 6.34. The van der Waals surface area contributed by atoms with Crippen molar-refractivity contribution in [2.75, 3.05) is 31.6 Å². The molecule has 6 heteroatoms. The van der Waals surface area contributed by atoms with Gasteiger partial charge in [0.2, 0.25) is 5.91 Å². The van der Waals surface area contributed by atoms with Crippen molar-refractivity contribution in [3.63, 3.8) is 0 Å². The van der Waals surface area contributed by atoms with Gasteiger partial charge in [0.15, 0.2) is 0 Å². The second-order valence-electron chi connectivity index (χ2n) is 8.80. The van der Waals surface area contributed by atoms with Crippen molar-refractivity contribution >= 4 is 29.1 Å². The summed E-state index contributed by atoms with van der Waals surface area (Å²) in [6, 6.07) is 6.14. The predicted molar refractivity (Wildman–Crippen MR) is 119 cm³/mol. The van der Waals surface area contributed by atoms with Crippen LogP contribution in [0.15, 0.2) is 18.2 Å². The molecule has 2 amide bonds. The van der Waals surface area contributed by atoms with Gasteiger partial charge in [0.25, 0.3) is 5.91 Å². The normalized spacial score (nSPS) is 18.4. The number of carbonyl (C=O) groups excluding carboxylic acids is 2. The quantitative estimate of drug-likeness (QED) is 0.675. The lowest BCUT2D eigenvalue weighted by molar-refractivity contribution is -0.127. The average molecular weight is 420 g/mol. The van der Waals surface area contributed by atoms with Gasteiger partial charge in [0.05, 0.1) is 10.6 Å². The zero-order valence-electron chi connectivity index (χ0n) is 18.0. The first kappa shape index (κ1) is 21.9. The van der Waals surface area contributed by atoms with E-state index >= 15 is 0 Å². The molecule has 0 radical (unpaired) electrons. The van der Waals surface area contributed by atoms with Gasteiger partial charge >= 0.3 is 0 Å². The van der Waals surface area contributed by atoms with Crippen LogP contribution >= 0.6 is 11.6 Å². The lowest BCUT2D eigenvalue weighted by atomic mass is 9.72. The number of amides is 2. The van der Waals surface area contributed by atoms with Crippen LogP contribution in [0.3, 0.4) is 0 Å². The van der Waals surface area contributed by atoms with Crippen LogP contribution in [0.2, 0.25) is 5.02 Å². The summed E-state index contributed by atoms with van der Waals surface area (Å²) in [5, 5.41) is 3.53. The van der Waals surface area contributed by atoms with Crippen LogP contribution in [0.25, 0.3) is 0 Å². The molecule has 29 heavy (non-hydrogen) atoms. The minimum Gasteiger partial charge on any atom is -0.371 e. The number of carbonyl (C=O) groups is 2. The van der Waals surface area contributed by atoms with Crippen molar-refractivity contribution in [3.8, 4) is 0 Å². The highest BCUT2D eigenvalue weighted by Crippen LogP contribution is 2.40. The van der Waals surface area contributed by atoms with Crippen molar-refractivity contribution in [2.45, 2.75) is 64.8 Å². The lowest BCUT2D eigenvalue weighted by Gasteiger charge is -2.43.